The van der Waals surface area contributed by atoms with Crippen molar-refractivity contribution in [3.8, 4) is 6.07 Å². The van der Waals surface area contributed by atoms with Crippen LogP contribution in [0.4, 0.5) is 5.69 Å². The summed E-state index contributed by atoms with van der Waals surface area (Å²) < 4.78 is 0. The SMILES string of the molecule is N#CC1CNC(N2CCc3ccccc32)N=C1N. The molecule has 5 nitrogen and oxygen atoms in total. The maximum atomic E-state index is 8.91. The van der Waals surface area contributed by atoms with Crippen LogP contribution in [-0.2, 0) is 6.42 Å². The number of anilines is 1. The molecule has 0 aromatic heterocycles. The van der Waals surface area contributed by atoms with Gasteiger partial charge in [0.25, 0.3) is 0 Å². The summed E-state index contributed by atoms with van der Waals surface area (Å²) in [6.45, 7) is 1.50. The molecule has 0 saturated carbocycles. The Morgan fingerprint density at radius 1 is 1.44 bits per heavy atom. The molecule has 18 heavy (non-hydrogen) atoms. The smallest absolute Gasteiger partial charge is 0.178 e. The van der Waals surface area contributed by atoms with Gasteiger partial charge >= 0.3 is 0 Å². The second-order valence-electron chi connectivity index (χ2n) is 4.59. The van der Waals surface area contributed by atoms with Crippen LogP contribution in [0.25, 0.3) is 0 Å². The van der Waals surface area contributed by atoms with Gasteiger partial charge in [0.1, 0.15) is 11.8 Å². The highest BCUT2D eigenvalue weighted by molar-refractivity contribution is 5.86. The number of fused-ring (bicyclic) bond motifs is 1. The van der Waals surface area contributed by atoms with Crippen LogP contribution in [-0.4, -0.2) is 25.2 Å². The summed E-state index contributed by atoms with van der Waals surface area (Å²) >= 11 is 0. The Morgan fingerprint density at radius 2 is 2.28 bits per heavy atom. The van der Waals surface area contributed by atoms with E-state index in [-0.39, 0.29) is 12.2 Å². The van der Waals surface area contributed by atoms with Crippen LogP contribution in [0.5, 0.6) is 0 Å². The first-order valence-electron chi connectivity index (χ1n) is 6.10. The fraction of sp³-hybridized carbons (Fsp3) is 0.385. The van der Waals surface area contributed by atoms with Crippen LogP contribution >= 0.6 is 0 Å². The Balaban J connectivity index is 1.87. The Kier molecular flexibility index (Phi) is 2.65. The molecule has 1 aromatic carbocycles. The van der Waals surface area contributed by atoms with Gasteiger partial charge in [-0.25, -0.2) is 4.99 Å². The second-order valence-corrected chi connectivity index (χ2v) is 4.59. The molecule has 2 heterocycles. The molecule has 2 aliphatic rings. The quantitative estimate of drug-likeness (QED) is 0.747. The molecule has 0 fully saturated rings. The lowest BCUT2D eigenvalue weighted by Crippen LogP contribution is -2.52. The van der Waals surface area contributed by atoms with E-state index in [0.717, 1.165) is 13.0 Å². The van der Waals surface area contributed by atoms with Crippen molar-refractivity contribution < 1.29 is 0 Å². The van der Waals surface area contributed by atoms with Crippen molar-refractivity contribution in [2.24, 2.45) is 16.6 Å². The molecule has 1 aromatic rings. The van der Waals surface area contributed by atoms with Crippen molar-refractivity contribution in [1.82, 2.24) is 5.32 Å². The number of hydrogen-bond acceptors (Lipinski definition) is 5. The largest absolute Gasteiger partial charge is 0.386 e. The van der Waals surface area contributed by atoms with Gasteiger partial charge in [-0.05, 0) is 18.1 Å². The number of aliphatic imine (C=N–C) groups is 1. The number of amidine groups is 1. The van der Waals surface area contributed by atoms with Crippen LogP contribution in [0.2, 0.25) is 0 Å². The summed E-state index contributed by atoms with van der Waals surface area (Å²) in [5, 5.41) is 12.2. The molecule has 0 bridgehead atoms. The normalized spacial score (nSPS) is 26.4. The molecule has 2 unspecified atom stereocenters. The van der Waals surface area contributed by atoms with Gasteiger partial charge in [-0.1, -0.05) is 18.2 Å². The summed E-state index contributed by atoms with van der Waals surface area (Å²) in [6.07, 6.45) is 0.893. The lowest BCUT2D eigenvalue weighted by molar-refractivity contribution is 0.472. The molecule has 3 rings (SSSR count). The Labute approximate surface area is 106 Å². The topological polar surface area (TPSA) is 77.4 Å². The molecule has 5 heteroatoms. The van der Waals surface area contributed by atoms with Crippen molar-refractivity contribution in [3.05, 3.63) is 29.8 Å². The van der Waals surface area contributed by atoms with Crippen molar-refractivity contribution in [2.75, 3.05) is 18.0 Å². The highest BCUT2D eigenvalue weighted by atomic mass is 15.4. The van der Waals surface area contributed by atoms with E-state index in [1.807, 2.05) is 6.07 Å². The van der Waals surface area contributed by atoms with Crippen LogP contribution in [0.3, 0.4) is 0 Å². The second kappa shape index (κ2) is 4.31. The standard InChI is InChI=1S/C13H15N5/c14-7-10-8-16-13(17-12(10)15)18-6-5-9-3-1-2-4-11(9)18/h1-4,10,13,16H,5-6,8H2,(H2,15,17). The van der Waals surface area contributed by atoms with E-state index in [1.165, 1.54) is 11.3 Å². The lowest BCUT2D eigenvalue weighted by atomic mass is 10.1. The summed E-state index contributed by atoms with van der Waals surface area (Å²) in [4.78, 5) is 6.61. The van der Waals surface area contributed by atoms with Crippen LogP contribution < -0.4 is 16.0 Å². The summed E-state index contributed by atoms with van der Waals surface area (Å²) in [5.74, 6) is 0.129. The summed E-state index contributed by atoms with van der Waals surface area (Å²) in [6, 6.07) is 10.5. The van der Waals surface area contributed by atoms with E-state index in [9.17, 15) is 0 Å². The Bertz CT molecular complexity index is 530. The first kappa shape index (κ1) is 11.1. The third-order valence-corrected chi connectivity index (χ3v) is 3.51. The van der Waals surface area contributed by atoms with E-state index in [4.69, 9.17) is 11.0 Å². The molecule has 92 valence electrons. The van der Waals surface area contributed by atoms with Crippen molar-refractivity contribution in [1.29, 1.82) is 5.26 Å². The lowest BCUT2D eigenvalue weighted by Gasteiger charge is -2.32. The average Bonchev–Trinajstić information content (AvgIpc) is 2.82. The molecule has 0 saturated heterocycles. The van der Waals surface area contributed by atoms with Crippen molar-refractivity contribution in [3.63, 3.8) is 0 Å². The van der Waals surface area contributed by atoms with Gasteiger partial charge in [0, 0.05) is 18.8 Å². The number of nitrogens with two attached hydrogens (primary N) is 1. The first-order chi connectivity index (χ1) is 8.79. The molecule has 0 radical (unpaired) electrons. The number of para-hydroxylation sites is 1. The zero-order valence-electron chi connectivity index (χ0n) is 10.0. The molecule has 0 aliphatic carbocycles. The number of nitrogens with zero attached hydrogens (tertiary/aromatic N) is 3. The Morgan fingerprint density at radius 3 is 3.06 bits per heavy atom. The van der Waals surface area contributed by atoms with Gasteiger partial charge in [-0.3, -0.25) is 5.32 Å². The fourth-order valence-electron chi connectivity index (χ4n) is 2.51. The first-order valence-corrected chi connectivity index (χ1v) is 6.10. The third kappa shape index (κ3) is 1.71. The fourth-order valence-corrected chi connectivity index (χ4v) is 2.51. The van der Waals surface area contributed by atoms with E-state index < -0.39 is 0 Å². The van der Waals surface area contributed by atoms with E-state index >= 15 is 0 Å². The monoisotopic (exact) mass is 241 g/mol. The molecule has 3 N–H and O–H groups in total. The van der Waals surface area contributed by atoms with Crippen molar-refractivity contribution >= 4 is 11.5 Å². The summed E-state index contributed by atoms with van der Waals surface area (Å²) in [5.41, 5.74) is 8.38. The van der Waals surface area contributed by atoms with Gasteiger partial charge in [0.2, 0.25) is 0 Å². The highest BCUT2D eigenvalue weighted by Crippen LogP contribution is 2.29. The van der Waals surface area contributed by atoms with Crippen LogP contribution in [0.1, 0.15) is 5.56 Å². The highest BCUT2D eigenvalue weighted by Gasteiger charge is 2.29. The number of rotatable bonds is 1. The number of hydrogen-bond donors (Lipinski definition) is 2. The predicted molar refractivity (Wildman–Crippen MR) is 70.0 cm³/mol. The van der Waals surface area contributed by atoms with Crippen LogP contribution in [0, 0.1) is 17.2 Å². The van der Waals surface area contributed by atoms with Crippen molar-refractivity contribution in [2.45, 2.75) is 12.7 Å². The van der Waals surface area contributed by atoms with Gasteiger partial charge in [-0.2, -0.15) is 5.26 Å². The van der Waals surface area contributed by atoms with Gasteiger partial charge in [0.05, 0.1) is 6.07 Å². The van der Waals surface area contributed by atoms with E-state index in [0.29, 0.717) is 12.4 Å². The minimum atomic E-state index is -0.306. The minimum Gasteiger partial charge on any atom is -0.386 e. The maximum Gasteiger partial charge on any atom is 0.178 e. The molecular formula is C13H15N5. The zero-order chi connectivity index (χ0) is 12.5. The summed E-state index contributed by atoms with van der Waals surface area (Å²) in [7, 11) is 0. The van der Waals surface area contributed by atoms with Gasteiger partial charge in [0.15, 0.2) is 6.29 Å². The molecule has 2 atom stereocenters. The van der Waals surface area contributed by atoms with Gasteiger partial charge < -0.3 is 10.6 Å². The average molecular weight is 241 g/mol. The molecule has 0 spiro atoms. The number of nitrogens with one attached hydrogen (secondary N) is 1. The molecular weight excluding hydrogens is 226 g/mol. The molecule has 0 amide bonds. The minimum absolute atomic E-state index is 0.141. The molecule has 2 aliphatic heterocycles. The Hall–Kier alpha value is -2.06. The predicted octanol–water partition coefficient (Wildman–Crippen LogP) is 0.433. The van der Waals surface area contributed by atoms with E-state index in [1.54, 1.807) is 0 Å². The number of benzene rings is 1. The number of nitriles is 1. The third-order valence-electron chi connectivity index (χ3n) is 3.51. The van der Waals surface area contributed by atoms with E-state index in [2.05, 4.69) is 39.5 Å². The zero-order valence-corrected chi connectivity index (χ0v) is 10.0. The van der Waals surface area contributed by atoms with Crippen LogP contribution in [0.15, 0.2) is 29.3 Å². The maximum absolute atomic E-state index is 8.91. The van der Waals surface area contributed by atoms with Gasteiger partial charge in [-0.15, -0.1) is 0 Å².